The van der Waals surface area contributed by atoms with Gasteiger partial charge in [-0.25, -0.2) is 5.01 Å². The van der Waals surface area contributed by atoms with Crippen molar-refractivity contribution >= 4 is 28.5 Å². The van der Waals surface area contributed by atoms with Crippen LogP contribution >= 0.6 is 0 Å². The van der Waals surface area contributed by atoms with Crippen molar-refractivity contribution in [1.82, 2.24) is 9.99 Å². The molecule has 152 valence electrons. The maximum absolute atomic E-state index is 12.8. The predicted octanol–water partition coefficient (Wildman–Crippen LogP) is 3.38. The minimum Gasteiger partial charge on any atom is -0.481 e. The normalized spacial score (nSPS) is 16.0. The van der Waals surface area contributed by atoms with Crippen molar-refractivity contribution in [2.45, 2.75) is 32.2 Å². The molecule has 1 aliphatic heterocycles. The molecule has 0 aliphatic carbocycles. The molecule has 2 heterocycles. The van der Waals surface area contributed by atoms with Crippen molar-refractivity contribution in [3.63, 3.8) is 0 Å². The highest BCUT2D eigenvalue weighted by atomic mass is 16.4. The van der Waals surface area contributed by atoms with E-state index in [1.807, 2.05) is 55.5 Å². The van der Waals surface area contributed by atoms with Crippen LogP contribution in [0.15, 0.2) is 64.5 Å². The number of nitrogens with zero attached hydrogens (tertiary/aromatic N) is 2. The van der Waals surface area contributed by atoms with Gasteiger partial charge in [0.15, 0.2) is 0 Å². The van der Waals surface area contributed by atoms with Crippen LogP contribution in [0.3, 0.4) is 0 Å². The number of benzene rings is 2. The number of carbonyl (C=O) groups excluding carboxylic acids is 1. The second-order valence-electron chi connectivity index (χ2n) is 7.41. The lowest BCUT2D eigenvalue weighted by Gasteiger charge is -2.21. The molecule has 0 saturated heterocycles. The first-order valence-corrected chi connectivity index (χ1v) is 9.73. The molecule has 4 rings (SSSR count). The fourth-order valence-electron chi connectivity index (χ4n) is 3.71. The second-order valence-corrected chi connectivity index (χ2v) is 7.41. The third-order valence-electron chi connectivity index (χ3n) is 5.21. The molecular weight excluding hydrogens is 382 g/mol. The third kappa shape index (κ3) is 3.87. The number of amides is 1. The summed E-state index contributed by atoms with van der Waals surface area (Å²) in [7, 11) is 0. The Morgan fingerprint density at radius 1 is 1.13 bits per heavy atom. The Labute approximate surface area is 172 Å². The van der Waals surface area contributed by atoms with Gasteiger partial charge in [0.2, 0.25) is 5.91 Å². The molecule has 1 atom stereocenters. The van der Waals surface area contributed by atoms with Crippen molar-refractivity contribution < 1.29 is 14.7 Å². The van der Waals surface area contributed by atoms with Gasteiger partial charge in [0.25, 0.3) is 5.56 Å². The zero-order chi connectivity index (χ0) is 21.3. The second kappa shape index (κ2) is 7.94. The van der Waals surface area contributed by atoms with Crippen molar-refractivity contribution in [3.05, 3.63) is 81.6 Å². The highest BCUT2D eigenvalue weighted by molar-refractivity contribution is 6.03. The number of hydrogen-bond acceptors (Lipinski definition) is 4. The molecule has 7 nitrogen and oxygen atoms in total. The van der Waals surface area contributed by atoms with Gasteiger partial charge in [-0.05, 0) is 36.1 Å². The molecule has 2 N–H and O–H groups in total. The van der Waals surface area contributed by atoms with Gasteiger partial charge >= 0.3 is 5.97 Å². The summed E-state index contributed by atoms with van der Waals surface area (Å²) in [6.07, 6.45) is -0.0866. The zero-order valence-electron chi connectivity index (χ0n) is 16.5. The van der Waals surface area contributed by atoms with Crippen LogP contribution in [-0.2, 0) is 9.59 Å². The van der Waals surface area contributed by atoms with E-state index in [0.717, 1.165) is 22.0 Å². The van der Waals surface area contributed by atoms with E-state index in [2.05, 4.69) is 10.1 Å². The van der Waals surface area contributed by atoms with Gasteiger partial charge < -0.3 is 10.1 Å². The van der Waals surface area contributed by atoms with E-state index in [0.29, 0.717) is 17.7 Å². The van der Waals surface area contributed by atoms with Crippen LogP contribution in [0.4, 0.5) is 0 Å². The fourth-order valence-corrected chi connectivity index (χ4v) is 3.71. The molecule has 2 aromatic carbocycles. The number of fused-ring (bicyclic) bond motifs is 1. The van der Waals surface area contributed by atoms with Gasteiger partial charge in [0.05, 0.1) is 18.2 Å². The van der Waals surface area contributed by atoms with E-state index in [-0.39, 0.29) is 18.4 Å². The van der Waals surface area contributed by atoms with Gasteiger partial charge in [-0.1, -0.05) is 42.0 Å². The number of hydrazone groups is 1. The number of nitrogens with one attached hydrogen (secondary N) is 1. The first-order valence-electron chi connectivity index (χ1n) is 9.73. The van der Waals surface area contributed by atoms with E-state index in [4.69, 9.17) is 5.11 Å². The van der Waals surface area contributed by atoms with E-state index in [9.17, 15) is 14.4 Å². The standard InChI is InChI=1S/C23H21N3O4/c1-14-7-8-18-16(11-14)12-17(23(30)24-18)20-13-19(15-5-3-2-4-6-15)25-26(20)21(27)9-10-22(28)29/h2-8,11-12,20H,9-10,13H2,1H3,(H,24,30)(H,28,29)/t20-/m1/s1. The smallest absolute Gasteiger partial charge is 0.303 e. The first-order chi connectivity index (χ1) is 14.4. The number of aromatic nitrogens is 1. The van der Waals surface area contributed by atoms with Gasteiger partial charge in [-0.15, -0.1) is 0 Å². The summed E-state index contributed by atoms with van der Waals surface area (Å²) >= 11 is 0. The number of aliphatic carboxylic acids is 1. The Hall–Kier alpha value is -3.74. The number of carboxylic acid groups (broad SMARTS) is 1. The quantitative estimate of drug-likeness (QED) is 0.682. The van der Waals surface area contributed by atoms with Crippen molar-refractivity contribution in [2.24, 2.45) is 5.10 Å². The molecule has 0 unspecified atom stereocenters. The lowest BCUT2D eigenvalue weighted by molar-refractivity contribution is -0.141. The van der Waals surface area contributed by atoms with Crippen LogP contribution in [0.2, 0.25) is 0 Å². The molecule has 0 saturated carbocycles. The minimum absolute atomic E-state index is 0.179. The predicted molar refractivity (Wildman–Crippen MR) is 113 cm³/mol. The molecule has 7 heteroatoms. The maximum atomic E-state index is 12.8. The van der Waals surface area contributed by atoms with E-state index >= 15 is 0 Å². The van der Waals surface area contributed by atoms with Crippen LogP contribution < -0.4 is 5.56 Å². The lowest BCUT2D eigenvalue weighted by atomic mass is 9.98. The Morgan fingerprint density at radius 3 is 2.63 bits per heavy atom. The summed E-state index contributed by atoms with van der Waals surface area (Å²) in [5.41, 5.74) is 3.49. The van der Waals surface area contributed by atoms with Crippen molar-refractivity contribution in [1.29, 1.82) is 0 Å². The van der Waals surface area contributed by atoms with Gasteiger partial charge in [0, 0.05) is 23.9 Å². The molecule has 1 aliphatic rings. The third-order valence-corrected chi connectivity index (χ3v) is 5.21. The SMILES string of the molecule is Cc1ccc2[nH]c(=O)c([C@H]3CC(c4ccccc4)=NN3C(=O)CCC(=O)O)cc2c1. The van der Waals surface area contributed by atoms with Crippen LogP contribution in [0.25, 0.3) is 10.9 Å². The summed E-state index contributed by atoms with van der Waals surface area (Å²) in [6.45, 7) is 1.97. The zero-order valence-corrected chi connectivity index (χ0v) is 16.5. The van der Waals surface area contributed by atoms with Gasteiger partial charge in [-0.2, -0.15) is 5.10 Å². The summed E-state index contributed by atoms with van der Waals surface area (Å²) in [5, 5.41) is 15.6. The molecule has 1 aromatic heterocycles. The number of hydrogen-bond donors (Lipinski definition) is 2. The Morgan fingerprint density at radius 2 is 1.90 bits per heavy atom. The fraction of sp³-hybridized carbons (Fsp3) is 0.217. The van der Waals surface area contributed by atoms with E-state index in [1.165, 1.54) is 5.01 Å². The molecule has 0 spiro atoms. The molecule has 0 fully saturated rings. The highest BCUT2D eigenvalue weighted by Gasteiger charge is 2.34. The molecule has 30 heavy (non-hydrogen) atoms. The van der Waals surface area contributed by atoms with Gasteiger partial charge in [0.1, 0.15) is 0 Å². The lowest BCUT2D eigenvalue weighted by Crippen LogP contribution is -2.31. The number of carboxylic acids is 1. The van der Waals surface area contributed by atoms with Crippen LogP contribution in [0, 0.1) is 6.92 Å². The summed E-state index contributed by atoms with van der Waals surface area (Å²) in [6, 6.07) is 16.4. The van der Waals surface area contributed by atoms with Crippen LogP contribution in [-0.4, -0.2) is 32.7 Å². The average molecular weight is 403 g/mol. The number of rotatable bonds is 5. The Bertz CT molecular complexity index is 1210. The number of carbonyl (C=O) groups is 2. The topological polar surface area (TPSA) is 103 Å². The summed E-state index contributed by atoms with van der Waals surface area (Å²) in [5.74, 6) is -1.47. The van der Waals surface area contributed by atoms with Crippen molar-refractivity contribution in [3.8, 4) is 0 Å². The molecule has 0 radical (unpaired) electrons. The molecular formula is C23H21N3O4. The molecule has 1 amide bonds. The molecule has 3 aromatic rings. The number of aryl methyl sites for hydroxylation is 1. The van der Waals surface area contributed by atoms with E-state index in [1.54, 1.807) is 6.07 Å². The number of aromatic amines is 1. The monoisotopic (exact) mass is 403 g/mol. The van der Waals surface area contributed by atoms with Crippen molar-refractivity contribution in [2.75, 3.05) is 0 Å². The maximum Gasteiger partial charge on any atom is 0.303 e. The van der Waals surface area contributed by atoms with Crippen LogP contribution in [0.1, 0.15) is 42.0 Å². The molecule has 0 bridgehead atoms. The Balaban J connectivity index is 1.76. The summed E-state index contributed by atoms with van der Waals surface area (Å²) in [4.78, 5) is 39.4. The largest absolute Gasteiger partial charge is 0.481 e. The first kappa shape index (κ1) is 19.6. The van der Waals surface area contributed by atoms with E-state index < -0.39 is 17.9 Å². The Kier molecular flexibility index (Phi) is 5.18. The van der Waals surface area contributed by atoms with Crippen LogP contribution in [0.5, 0.6) is 0 Å². The number of pyridine rings is 1. The van der Waals surface area contributed by atoms with Gasteiger partial charge in [-0.3, -0.25) is 14.4 Å². The average Bonchev–Trinajstić information content (AvgIpc) is 3.17. The minimum atomic E-state index is -1.05. The number of H-pyrrole nitrogens is 1. The highest BCUT2D eigenvalue weighted by Crippen LogP contribution is 2.33. The summed E-state index contributed by atoms with van der Waals surface area (Å²) < 4.78 is 0.